The molecule has 0 aliphatic carbocycles. The van der Waals surface area contributed by atoms with Crippen LogP contribution in [0.25, 0.3) is 0 Å². The number of hydrogen-bond donors (Lipinski definition) is 1. The first-order chi connectivity index (χ1) is 6.33. The molecule has 0 bridgehead atoms. The molecule has 68 valence electrons. The van der Waals surface area contributed by atoms with Crippen LogP contribution in [-0.4, -0.2) is 18.8 Å². The Hall–Kier alpha value is -1.64. The summed E-state index contributed by atoms with van der Waals surface area (Å²) in [4.78, 5) is 10.5. The lowest BCUT2D eigenvalue weighted by Gasteiger charge is -2.00. The highest BCUT2D eigenvalue weighted by Crippen LogP contribution is 1.99. The number of hydrogen-bond acceptors (Lipinski definition) is 3. The summed E-state index contributed by atoms with van der Waals surface area (Å²) in [5.74, 6) is -0.587. The van der Waals surface area contributed by atoms with Crippen molar-refractivity contribution in [3.8, 4) is 0 Å². The predicted octanol–water partition coefficient (Wildman–Crippen LogP) is 1.42. The second kappa shape index (κ2) is 5.09. The van der Waals surface area contributed by atoms with Gasteiger partial charge in [-0.05, 0) is 5.56 Å². The third kappa shape index (κ3) is 3.51. The lowest BCUT2D eigenvalue weighted by molar-refractivity contribution is -0.134. The average molecular weight is 177 g/mol. The van der Waals surface area contributed by atoms with Crippen molar-refractivity contribution < 1.29 is 9.53 Å². The summed E-state index contributed by atoms with van der Waals surface area (Å²) in [7, 11) is 0. The third-order valence-electron chi connectivity index (χ3n) is 1.60. The van der Waals surface area contributed by atoms with E-state index in [0.717, 1.165) is 5.56 Å². The zero-order valence-electron chi connectivity index (χ0n) is 7.19. The van der Waals surface area contributed by atoms with Gasteiger partial charge in [0, 0.05) is 6.42 Å². The summed E-state index contributed by atoms with van der Waals surface area (Å²) in [6.07, 6.45) is 1.37. The highest BCUT2D eigenvalue weighted by Gasteiger charge is 1.96. The van der Waals surface area contributed by atoms with Crippen LogP contribution in [0, 0.1) is 5.41 Å². The first-order valence-corrected chi connectivity index (χ1v) is 4.04. The predicted molar refractivity (Wildman–Crippen MR) is 49.9 cm³/mol. The van der Waals surface area contributed by atoms with Crippen molar-refractivity contribution in [3.05, 3.63) is 35.9 Å². The van der Waals surface area contributed by atoms with E-state index < -0.39 is 5.97 Å². The van der Waals surface area contributed by atoms with Gasteiger partial charge in [0.05, 0.1) is 6.61 Å². The van der Waals surface area contributed by atoms with Gasteiger partial charge in [0.15, 0.2) is 0 Å². The molecule has 3 heteroatoms. The van der Waals surface area contributed by atoms with Gasteiger partial charge in [-0.3, -0.25) is 0 Å². The van der Waals surface area contributed by atoms with E-state index in [0.29, 0.717) is 19.2 Å². The summed E-state index contributed by atoms with van der Waals surface area (Å²) in [6.45, 7) is 0.332. The van der Waals surface area contributed by atoms with Gasteiger partial charge in [-0.15, -0.1) is 0 Å². The van der Waals surface area contributed by atoms with E-state index in [1.165, 1.54) is 0 Å². The van der Waals surface area contributed by atoms with Crippen molar-refractivity contribution in [2.24, 2.45) is 0 Å². The fourth-order valence-electron chi connectivity index (χ4n) is 0.956. The van der Waals surface area contributed by atoms with Crippen LogP contribution in [-0.2, 0) is 16.0 Å². The van der Waals surface area contributed by atoms with Crippen molar-refractivity contribution in [3.63, 3.8) is 0 Å². The second-order valence-electron chi connectivity index (χ2n) is 2.55. The third-order valence-corrected chi connectivity index (χ3v) is 1.60. The monoisotopic (exact) mass is 177 g/mol. The Labute approximate surface area is 76.9 Å². The van der Waals surface area contributed by atoms with Gasteiger partial charge in [0.2, 0.25) is 0 Å². The van der Waals surface area contributed by atoms with Gasteiger partial charge < -0.3 is 10.1 Å². The molecule has 1 aromatic rings. The molecule has 1 aromatic carbocycles. The van der Waals surface area contributed by atoms with Crippen molar-refractivity contribution >= 4 is 12.2 Å². The average Bonchev–Trinajstić information content (AvgIpc) is 2.19. The molecule has 0 atom stereocenters. The molecule has 0 unspecified atom stereocenters. The summed E-state index contributed by atoms with van der Waals surface area (Å²) < 4.78 is 4.71. The minimum atomic E-state index is -0.587. The summed E-state index contributed by atoms with van der Waals surface area (Å²) in [5, 5.41) is 6.59. The molecule has 0 radical (unpaired) electrons. The van der Waals surface area contributed by atoms with Gasteiger partial charge in [0.25, 0.3) is 0 Å². The maximum atomic E-state index is 10.5. The van der Waals surface area contributed by atoms with Crippen LogP contribution in [0.3, 0.4) is 0 Å². The number of ether oxygens (including phenoxy) is 1. The molecule has 0 saturated carbocycles. The zero-order valence-corrected chi connectivity index (χ0v) is 7.19. The molecule has 0 fully saturated rings. The zero-order chi connectivity index (χ0) is 9.52. The van der Waals surface area contributed by atoms with Crippen LogP contribution in [0.1, 0.15) is 5.56 Å². The number of esters is 1. The molecule has 0 amide bonds. The second-order valence-corrected chi connectivity index (χ2v) is 2.55. The van der Waals surface area contributed by atoms with Crippen LogP contribution < -0.4 is 0 Å². The molecule has 0 spiro atoms. The van der Waals surface area contributed by atoms with Crippen LogP contribution in [0.15, 0.2) is 30.3 Å². The van der Waals surface area contributed by atoms with Crippen molar-refractivity contribution in [1.82, 2.24) is 0 Å². The van der Waals surface area contributed by atoms with Crippen molar-refractivity contribution in [2.45, 2.75) is 6.42 Å². The summed E-state index contributed by atoms with van der Waals surface area (Å²) >= 11 is 0. The van der Waals surface area contributed by atoms with Crippen LogP contribution in [0.2, 0.25) is 0 Å². The Morgan fingerprint density at radius 3 is 2.69 bits per heavy atom. The Morgan fingerprint density at radius 1 is 1.38 bits per heavy atom. The van der Waals surface area contributed by atoms with E-state index >= 15 is 0 Å². The van der Waals surface area contributed by atoms with Crippen LogP contribution >= 0.6 is 0 Å². The smallest absolute Gasteiger partial charge is 0.348 e. The topological polar surface area (TPSA) is 50.2 Å². The van der Waals surface area contributed by atoms with Gasteiger partial charge in [-0.2, -0.15) is 0 Å². The first-order valence-electron chi connectivity index (χ1n) is 4.04. The molecule has 13 heavy (non-hydrogen) atoms. The van der Waals surface area contributed by atoms with Gasteiger partial charge >= 0.3 is 5.97 Å². The molecule has 0 saturated heterocycles. The normalized spacial score (nSPS) is 9.23. The number of benzene rings is 1. The highest BCUT2D eigenvalue weighted by atomic mass is 16.5. The fourth-order valence-corrected chi connectivity index (χ4v) is 0.956. The van der Waals surface area contributed by atoms with E-state index in [4.69, 9.17) is 10.1 Å². The number of carbonyl (C=O) groups excluding carboxylic acids is 1. The standard InChI is InChI=1S/C10H11NO2/c11-8-10(12)13-7-6-9-4-2-1-3-5-9/h1-5,8,11H,6-7H2. The maximum Gasteiger partial charge on any atom is 0.348 e. The SMILES string of the molecule is N=CC(=O)OCCc1ccccc1. The molecule has 0 aliphatic rings. The van der Waals surface area contributed by atoms with Crippen LogP contribution in [0.4, 0.5) is 0 Å². The van der Waals surface area contributed by atoms with Gasteiger partial charge in [-0.1, -0.05) is 30.3 Å². The van der Waals surface area contributed by atoms with Gasteiger partial charge in [0.1, 0.15) is 6.21 Å². The lowest BCUT2D eigenvalue weighted by atomic mass is 10.2. The first kappa shape index (κ1) is 9.45. The Balaban J connectivity index is 2.28. The molecule has 0 heterocycles. The molecule has 1 rings (SSSR count). The molecule has 3 nitrogen and oxygen atoms in total. The molecule has 0 aromatic heterocycles. The highest BCUT2D eigenvalue weighted by molar-refractivity contribution is 6.21. The van der Waals surface area contributed by atoms with E-state index in [2.05, 4.69) is 0 Å². The number of rotatable bonds is 4. The molecular weight excluding hydrogens is 166 g/mol. The van der Waals surface area contributed by atoms with E-state index in [-0.39, 0.29) is 0 Å². The Bertz CT molecular complexity index is 282. The quantitative estimate of drug-likeness (QED) is 0.558. The minimum absolute atomic E-state index is 0.332. The van der Waals surface area contributed by atoms with Crippen molar-refractivity contribution in [1.29, 1.82) is 5.41 Å². The molecule has 1 N–H and O–H groups in total. The number of nitrogens with one attached hydrogen (secondary N) is 1. The minimum Gasteiger partial charge on any atom is -0.461 e. The van der Waals surface area contributed by atoms with Crippen LogP contribution in [0.5, 0.6) is 0 Å². The largest absolute Gasteiger partial charge is 0.461 e. The molecular formula is C10H11NO2. The van der Waals surface area contributed by atoms with Crippen molar-refractivity contribution in [2.75, 3.05) is 6.61 Å². The lowest BCUT2D eigenvalue weighted by Crippen LogP contribution is -2.07. The maximum absolute atomic E-state index is 10.5. The Kier molecular flexibility index (Phi) is 3.70. The Morgan fingerprint density at radius 2 is 2.08 bits per heavy atom. The molecule has 0 aliphatic heterocycles. The fraction of sp³-hybridized carbons (Fsp3) is 0.200. The number of carbonyl (C=O) groups is 1. The summed E-state index contributed by atoms with van der Waals surface area (Å²) in [6, 6.07) is 9.76. The van der Waals surface area contributed by atoms with E-state index in [9.17, 15) is 4.79 Å². The summed E-state index contributed by atoms with van der Waals surface area (Å²) in [5.41, 5.74) is 1.13. The van der Waals surface area contributed by atoms with E-state index in [1.807, 2.05) is 30.3 Å². The van der Waals surface area contributed by atoms with E-state index in [1.54, 1.807) is 0 Å². The van der Waals surface area contributed by atoms with Gasteiger partial charge in [-0.25, -0.2) is 4.79 Å².